The first-order valence-corrected chi connectivity index (χ1v) is 7.57. The Balaban J connectivity index is 1.86. The molecule has 0 amide bonds. The summed E-state index contributed by atoms with van der Waals surface area (Å²) in [4.78, 5) is 3.54. The molecule has 2 rings (SSSR count). The van der Waals surface area contributed by atoms with Gasteiger partial charge in [0.05, 0.1) is 0 Å². The van der Waals surface area contributed by atoms with E-state index in [0.717, 1.165) is 16.8 Å². The quantitative estimate of drug-likeness (QED) is 0.519. The van der Waals surface area contributed by atoms with Crippen LogP contribution in [-0.2, 0) is 0 Å². The zero-order valence-electron chi connectivity index (χ0n) is 9.92. The fraction of sp³-hybridized carbons (Fsp3) is 1.00. The van der Waals surface area contributed by atoms with Crippen LogP contribution in [0.5, 0.6) is 0 Å². The van der Waals surface area contributed by atoms with Gasteiger partial charge in [-0.2, -0.15) is 0 Å². The SMILES string of the molecule is CC1CN(C2CCCCCC2)CCC1Br. The molecule has 2 heteroatoms. The van der Waals surface area contributed by atoms with E-state index in [4.69, 9.17) is 0 Å². The van der Waals surface area contributed by atoms with Crippen molar-refractivity contribution in [2.75, 3.05) is 13.1 Å². The van der Waals surface area contributed by atoms with Gasteiger partial charge in [-0.25, -0.2) is 0 Å². The normalized spacial score (nSPS) is 36.4. The van der Waals surface area contributed by atoms with Crippen LogP contribution >= 0.6 is 15.9 Å². The maximum atomic E-state index is 3.79. The molecule has 2 unspecified atom stereocenters. The van der Waals surface area contributed by atoms with Crippen LogP contribution < -0.4 is 0 Å². The zero-order chi connectivity index (χ0) is 10.7. The number of piperidine rings is 1. The summed E-state index contributed by atoms with van der Waals surface area (Å²) in [5, 5.41) is 0. The van der Waals surface area contributed by atoms with Crippen molar-refractivity contribution in [2.45, 2.75) is 62.7 Å². The van der Waals surface area contributed by atoms with Gasteiger partial charge in [0.1, 0.15) is 0 Å². The van der Waals surface area contributed by atoms with Crippen molar-refractivity contribution >= 4 is 15.9 Å². The van der Waals surface area contributed by atoms with Crippen LogP contribution in [0, 0.1) is 5.92 Å². The van der Waals surface area contributed by atoms with Crippen LogP contribution in [0.25, 0.3) is 0 Å². The van der Waals surface area contributed by atoms with Crippen LogP contribution in [0.3, 0.4) is 0 Å². The lowest BCUT2D eigenvalue weighted by atomic mass is 9.96. The van der Waals surface area contributed by atoms with E-state index < -0.39 is 0 Å². The Morgan fingerprint density at radius 3 is 2.27 bits per heavy atom. The van der Waals surface area contributed by atoms with Gasteiger partial charge in [0.15, 0.2) is 0 Å². The minimum Gasteiger partial charge on any atom is -0.300 e. The average Bonchev–Trinajstić information content (AvgIpc) is 2.50. The standard InChI is InChI=1S/C13H24BrN/c1-11-10-15(9-8-13(11)14)12-6-4-2-3-5-7-12/h11-13H,2-10H2,1H3. The Morgan fingerprint density at radius 2 is 1.67 bits per heavy atom. The molecule has 0 bridgehead atoms. The smallest absolute Gasteiger partial charge is 0.0195 e. The molecule has 1 saturated heterocycles. The number of likely N-dealkylation sites (tertiary alicyclic amines) is 1. The number of alkyl halides is 1. The van der Waals surface area contributed by atoms with Gasteiger partial charge >= 0.3 is 0 Å². The third-order valence-corrected chi connectivity index (χ3v) is 5.53. The van der Waals surface area contributed by atoms with Crippen molar-refractivity contribution in [1.29, 1.82) is 0 Å². The second kappa shape index (κ2) is 5.67. The lowest BCUT2D eigenvalue weighted by Crippen LogP contribution is -2.45. The Morgan fingerprint density at radius 1 is 1.00 bits per heavy atom. The van der Waals surface area contributed by atoms with E-state index in [0.29, 0.717) is 0 Å². The van der Waals surface area contributed by atoms with Crippen molar-refractivity contribution in [3.63, 3.8) is 0 Å². The predicted molar refractivity (Wildman–Crippen MR) is 69.6 cm³/mol. The minimum atomic E-state index is 0.763. The van der Waals surface area contributed by atoms with Gasteiger partial charge < -0.3 is 4.90 Å². The third kappa shape index (κ3) is 3.20. The highest BCUT2D eigenvalue weighted by Gasteiger charge is 2.28. The topological polar surface area (TPSA) is 3.24 Å². The van der Waals surface area contributed by atoms with Crippen molar-refractivity contribution in [2.24, 2.45) is 5.92 Å². The molecule has 2 atom stereocenters. The lowest BCUT2D eigenvalue weighted by molar-refractivity contribution is 0.123. The maximum Gasteiger partial charge on any atom is 0.0195 e. The molecule has 1 nitrogen and oxygen atoms in total. The van der Waals surface area contributed by atoms with E-state index in [9.17, 15) is 0 Å². The van der Waals surface area contributed by atoms with Crippen molar-refractivity contribution in [3.8, 4) is 0 Å². The number of hydrogen-bond donors (Lipinski definition) is 0. The van der Waals surface area contributed by atoms with Crippen molar-refractivity contribution in [1.82, 2.24) is 4.90 Å². The number of nitrogens with zero attached hydrogens (tertiary/aromatic N) is 1. The van der Waals surface area contributed by atoms with Crippen molar-refractivity contribution < 1.29 is 0 Å². The van der Waals surface area contributed by atoms with Crippen LogP contribution in [0.4, 0.5) is 0 Å². The van der Waals surface area contributed by atoms with Gasteiger partial charge in [-0.15, -0.1) is 0 Å². The summed E-state index contributed by atoms with van der Waals surface area (Å²) in [6.07, 6.45) is 10.1. The highest BCUT2D eigenvalue weighted by atomic mass is 79.9. The fourth-order valence-corrected chi connectivity index (χ4v) is 3.48. The first-order chi connectivity index (χ1) is 7.27. The highest BCUT2D eigenvalue weighted by molar-refractivity contribution is 9.09. The van der Waals surface area contributed by atoms with Gasteiger partial charge in [-0.3, -0.25) is 0 Å². The Bertz CT molecular complexity index is 187. The van der Waals surface area contributed by atoms with Crippen LogP contribution in [-0.4, -0.2) is 28.9 Å². The largest absolute Gasteiger partial charge is 0.300 e. The summed E-state index contributed by atoms with van der Waals surface area (Å²) in [6, 6.07) is 0.912. The number of hydrogen-bond acceptors (Lipinski definition) is 1. The predicted octanol–water partition coefficient (Wildman–Crippen LogP) is 3.81. The molecule has 2 fully saturated rings. The number of halogens is 1. The van der Waals surface area contributed by atoms with Crippen LogP contribution in [0.15, 0.2) is 0 Å². The van der Waals surface area contributed by atoms with Gasteiger partial charge in [-0.1, -0.05) is 48.5 Å². The molecular formula is C13H24BrN. The summed E-state index contributed by atoms with van der Waals surface area (Å²) in [7, 11) is 0. The molecule has 0 aromatic heterocycles. The molecule has 0 spiro atoms. The lowest BCUT2D eigenvalue weighted by Gasteiger charge is -2.39. The summed E-state index contributed by atoms with van der Waals surface area (Å²) in [5.41, 5.74) is 0. The molecular weight excluding hydrogens is 250 g/mol. The molecule has 1 saturated carbocycles. The monoisotopic (exact) mass is 273 g/mol. The Hall–Kier alpha value is 0.440. The first kappa shape index (κ1) is 11.9. The van der Waals surface area contributed by atoms with Crippen molar-refractivity contribution in [3.05, 3.63) is 0 Å². The van der Waals surface area contributed by atoms with Gasteiger partial charge in [0, 0.05) is 17.4 Å². The summed E-state index contributed by atoms with van der Waals surface area (Å²) >= 11 is 3.79. The molecule has 88 valence electrons. The average molecular weight is 274 g/mol. The van der Waals surface area contributed by atoms with E-state index in [1.54, 1.807) is 0 Å². The second-order valence-corrected chi connectivity index (χ2v) is 6.60. The Kier molecular flexibility index (Phi) is 4.51. The molecule has 1 aliphatic heterocycles. The molecule has 0 radical (unpaired) electrons. The zero-order valence-corrected chi connectivity index (χ0v) is 11.5. The third-order valence-electron chi connectivity index (χ3n) is 4.17. The van der Waals surface area contributed by atoms with Gasteiger partial charge in [0.25, 0.3) is 0 Å². The summed E-state index contributed by atoms with van der Waals surface area (Å²) in [6.45, 7) is 5.04. The van der Waals surface area contributed by atoms with E-state index in [2.05, 4.69) is 27.8 Å². The van der Waals surface area contributed by atoms with E-state index in [1.165, 1.54) is 58.0 Å². The molecule has 15 heavy (non-hydrogen) atoms. The van der Waals surface area contributed by atoms with Crippen LogP contribution in [0.1, 0.15) is 51.9 Å². The van der Waals surface area contributed by atoms with E-state index in [-0.39, 0.29) is 0 Å². The van der Waals surface area contributed by atoms with E-state index in [1.807, 2.05) is 0 Å². The molecule has 0 aromatic rings. The molecule has 2 aliphatic rings. The molecule has 1 aliphatic carbocycles. The number of rotatable bonds is 1. The molecule has 0 aromatic carbocycles. The first-order valence-electron chi connectivity index (χ1n) is 6.65. The van der Waals surface area contributed by atoms with Gasteiger partial charge in [-0.05, 0) is 31.7 Å². The van der Waals surface area contributed by atoms with Gasteiger partial charge in [0.2, 0.25) is 0 Å². The Labute approximate surface area is 103 Å². The van der Waals surface area contributed by atoms with E-state index >= 15 is 0 Å². The molecule has 0 N–H and O–H groups in total. The highest BCUT2D eigenvalue weighted by Crippen LogP contribution is 2.29. The maximum absolute atomic E-state index is 3.79. The summed E-state index contributed by atoms with van der Waals surface area (Å²) < 4.78 is 0. The second-order valence-electron chi connectivity index (χ2n) is 5.42. The molecule has 1 heterocycles. The minimum absolute atomic E-state index is 0.763. The fourth-order valence-electron chi connectivity index (χ4n) is 3.10. The van der Waals surface area contributed by atoms with Crippen LogP contribution in [0.2, 0.25) is 0 Å². The summed E-state index contributed by atoms with van der Waals surface area (Å²) in [5.74, 6) is 0.835.